The maximum absolute atomic E-state index is 3.51. The molecule has 1 aromatic carbocycles. The molecule has 0 aromatic heterocycles. The van der Waals surface area contributed by atoms with Crippen LogP contribution >= 0.6 is 0 Å². The molecule has 1 rings (SSSR count). The number of hydrogen-bond acceptors (Lipinski definition) is 3. The van der Waals surface area contributed by atoms with Gasteiger partial charge in [0.1, 0.15) is 0 Å². The molecule has 0 bridgehead atoms. The van der Waals surface area contributed by atoms with E-state index in [-0.39, 0.29) is 0 Å². The van der Waals surface area contributed by atoms with E-state index < -0.39 is 0 Å². The molecule has 0 aliphatic rings. The summed E-state index contributed by atoms with van der Waals surface area (Å²) in [5.74, 6) is 0. The number of benzene rings is 1. The second-order valence-electron chi connectivity index (χ2n) is 6.76. The molecule has 0 fully saturated rings. The Morgan fingerprint density at radius 1 is 0.571 bits per heavy atom. The van der Waals surface area contributed by atoms with Gasteiger partial charge in [-0.15, -0.1) is 0 Å². The van der Waals surface area contributed by atoms with E-state index in [2.05, 4.69) is 75.7 Å². The summed E-state index contributed by atoms with van der Waals surface area (Å²) in [5, 5.41) is 10.5. The van der Waals surface area contributed by atoms with Gasteiger partial charge < -0.3 is 16.0 Å². The van der Waals surface area contributed by atoms with Crippen LogP contribution in [0.1, 0.15) is 58.2 Å². The average molecular weight is 291 g/mol. The third-order valence-electron chi connectivity index (χ3n) is 3.26. The zero-order valence-electron chi connectivity index (χ0n) is 14.6. The lowest BCUT2D eigenvalue weighted by molar-refractivity contribution is 0.574. The number of rotatable bonds is 9. The van der Waals surface area contributed by atoms with E-state index in [0.29, 0.717) is 18.1 Å². The fraction of sp³-hybridized carbons (Fsp3) is 0.667. The molecular formula is C18H33N3. The topological polar surface area (TPSA) is 36.1 Å². The molecule has 3 heteroatoms. The third kappa shape index (κ3) is 8.20. The van der Waals surface area contributed by atoms with Gasteiger partial charge in [-0.3, -0.25) is 0 Å². The molecule has 0 unspecified atom stereocenters. The van der Waals surface area contributed by atoms with Crippen molar-refractivity contribution in [3.8, 4) is 0 Å². The standard InChI is InChI=1S/C18H33N3/c1-13(2)19-10-16-7-17(11-20-14(3)4)9-18(8-16)12-21-15(5)6/h7-9,13-15,19-21H,10-12H2,1-6H3. The van der Waals surface area contributed by atoms with Gasteiger partial charge in [0.15, 0.2) is 0 Å². The minimum absolute atomic E-state index is 0.514. The fourth-order valence-corrected chi connectivity index (χ4v) is 2.11. The Balaban J connectivity index is 2.79. The largest absolute Gasteiger partial charge is 0.310 e. The molecule has 0 saturated carbocycles. The van der Waals surface area contributed by atoms with Gasteiger partial charge in [-0.1, -0.05) is 59.7 Å². The predicted molar refractivity (Wildman–Crippen MR) is 92.4 cm³/mol. The van der Waals surface area contributed by atoms with Gasteiger partial charge in [0, 0.05) is 37.8 Å². The molecule has 0 amide bonds. The number of hydrogen-bond donors (Lipinski definition) is 3. The fourth-order valence-electron chi connectivity index (χ4n) is 2.11. The smallest absolute Gasteiger partial charge is 0.0208 e. The van der Waals surface area contributed by atoms with Crippen molar-refractivity contribution in [1.29, 1.82) is 0 Å². The van der Waals surface area contributed by atoms with Gasteiger partial charge in [0.05, 0.1) is 0 Å². The molecule has 0 aliphatic heterocycles. The lowest BCUT2D eigenvalue weighted by Crippen LogP contribution is -2.25. The van der Waals surface area contributed by atoms with E-state index in [9.17, 15) is 0 Å². The van der Waals surface area contributed by atoms with Gasteiger partial charge >= 0.3 is 0 Å². The van der Waals surface area contributed by atoms with Crippen molar-refractivity contribution in [3.63, 3.8) is 0 Å². The first-order valence-corrected chi connectivity index (χ1v) is 8.18. The molecule has 1 aromatic rings. The number of nitrogens with one attached hydrogen (secondary N) is 3. The van der Waals surface area contributed by atoms with Crippen molar-refractivity contribution in [2.75, 3.05) is 0 Å². The first kappa shape index (κ1) is 18.1. The van der Waals surface area contributed by atoms with Gasteiger partial charge in [-0.2, -0.15) is 0 Å². The van der Waals surface area contributed by atoms with Crippen molar-refractivity contribution in [3.05, 3.63) is 34.9 Å². The summed E-state index contributed by atoms with van der Waals surface area (Å²) in [6.45, 7) is 15.9. The molecule has 0 aliphatic carbocycles. The Labute approximate surface area is 130 Å². The summed E-state index contributed by atoms with van der Waals surface area (Å²) < 4.78 is 0. The zero-order chi connectivity index (χ0) is 15.8. The summed E-state index contributed by atoms with van der Waals surface area (Å²) in [7, 11) is 0. The van der Waals surface area contributed by atoms with E-state index in [1.54, 1.807) is 0 Å². The van der Waals surface area contributed by atoms with Crippen LogP contribution in [0.5, 0.6) is 0 Å². The van der Waals surface area contributed by atoms with Crippen LogP contribution in [0.4, 0.5) is 0 Å². The van der Waals surface area contributed by atoms with Crippen molar-refractivity contribution in [1.82, 2.24) is 16.0 Å². The van der Waals surface area contributed by atoms with Crippen LogP contribution in [0.2, 0.25) is 0 Å². The average Bonchev–Trinajstić information content (AvgIpc) is 2.40. The molecule has 0 spiro atoms. The van der Waals surface area contributed by atoms with Crippen LogP contribution in [0, 0.1) is 0 Å². The highest BCUT2D eigenvalue weighted by atomic mass is 14.9. The zero-order valence-corrected chi connectivity index (χ0v) is 14.6. The lowest BCUT2D eigenvalue weighted by Gasteiger charge is -2.15. The van der Waals surface area contributed by atoms with Crippen molar-refractivity contribution in [2.45, 2.75) is 79.3 Å². The SMILES string of the molecule is CC(C)NCc1cc(CNC(C)C)cc(CNC(C)C)c1. The van der Waals surface area contributed by atoms with Crippen LogP contribution in [0.25, 0.3) is 0 Å². The lowest BCUT2D eigenvalue weighted by atomic mass is 10.0. The van der Waals surface area contributed by atoms with Crippen LogP contribution < -0.4 is 16.0 Å². The highest BCUT2D eigenvalue weighted by molar-refractivity contribution is 5.30. The molecule has 0 radical (unpaired) electrons. The first-order valence-electron chi connectivity index (χ1n) is 8.18. The molecule has 120 valence electrons. The van der Waals surface area contributed by atoms with Crippen LogP contribution in [-0.2, 0) is 19.6 Å². The Bertz CT molecular complexity index is 337. The van der Waals surface area contributed by atoms with Crippen molar-refractivity contribution >= 4 is 0 Å². The van der Waals surface area contributed by atoms with Gasteiger partial charge in [0.25, 0.3) is 0 Å². The molecule has 0 atom stereocenters. The van der Waals surface area contributed by atoms with E-state index in [1.165, 1.54) is 16.7 Å². The maximum atomic E-state index is 3.51. The molecule has 3 N–H and O–H groups in total. The Kier molecular flexibility index (Phi) is 7.94. The highest BCUT2D eigenvalue weighted by Crippen LogP contribution is 2.12. The summed E-state index contributed by atoms with van der Waals surface area (Å²) >= 11 is 0. The van der Waals surface area contributed by atoms with E-state index >= 15 is 0 Å². The first-order chi connectivity index (χ1) is 9.86. The third-order valence-corrected chi connectivity index (χ3v) is 3.26. The summed E-state index contributed by atoms with van der Waals surface area (Å²) in [6.07, 6.45) is 0. The molecule has 21 heavy (non-hydrogen) atoms. The van der Waals surface area contributed by atoms with Crippen molar-refractivity contribution in [2.24, 2.45) is 0 Å². The second kappa shape index (κ2) is 9.19. The Hall–Kier alpha value is -0.900. The molecule has 3 nitrogen and oxygen atoms in total. The second-order valence-corrected chi connectivity index (χ2v) is 6.76. The summed E-state index contributed by atoms with van der Waals surface area (Å²) in [5.41, 5.74) is 4.10. The minimum Gasteiger partial charge on any atom is -0.310 e. The van der Waals surface area contributed by atoms with Crippen LogP contribution in [-0.4, -0.2) is 18.1 Å². The Morgan fingerprint density at radius 3 is 1.00 bits per heavy atom. The predicted octanol–water partition coefficient (Wildman–Crippen LogP) is 3.18. The van der Waals surface area contributed by atoms with Gasteiger partial charge in [-0.05, 0) is 16.7 Å². The minimum atomic E-state index is 0.514. The van der Waals surface area contributed by atoms with E-state index in [0.717, 1.165) is 19.6 Å². The normalized spacial score (nSPS) is 11.9. The maximum Gasteiger partial charge on any atom is 0.0208 e. The van der Waals surface area contributed by atoms with Crippen LogP contribution in [0.15, 0.2) is 18.2 Å². The molecule has 0 heterocycles. The van der Waals surface area contributed by atoms with Gasteiger partial charge in [-0.25, -0.2) is 0 Å². The monoisotopic (exact) mass is 291 g/mol. The summed E-state index contributed by atoms with van der Waals surface area (Å²) in [4.78, 5) is 0. The van der Waals surface area contributed by atoms with Crippen LogP contribution in [0.3, 0.4) is 0 Å². The molecule has 0 saturated heterocycles. The van der Waals surface area contributed by atoms with E-state index in [1.807, 2.05) is 0 Å². The highest BCUT2D eigenvalue weighted by Gasteiger charge is 2.04. The Morgan fingerprint density at radius 2 is 0.810 bits per heavy atom. The quantitative estimate of drug-likeness (QED) is 0.654. The van der Waals surface area contributed by atoms with Crippen molar-refractivity contribution < 1.29 is 0 Å². The summed E-state index contributed by atoms with van der Waals surface area (Å²) in [6, 6.07) is 8.47. The molecular weight excluding hydrogens is 258 g/mol. The van der Waals surface area contributed by atoms with E-state index in [4.69, 9.17) is 0 Å². The van der Waals surface area contributed by atoms with Gasteiger partial charge in [0.2, 0.25) is 0 Å².